The van der Waals surface area contributed by atoms with Crippen LogP contribution in [0.3, 0.4) is 0 Å². The van der Waals surface area contributed by atoms with Crippen LogP contribution in [0, 0.1) is 23.1 Å². The van der Waals surface area contributed by atoms with Gasteiger partial charge in [0.25, 0.3) is 0 Å². The summed E-state index contributed by atoms with van der Waals surface area (Å²) < 4.78 is 15.7. The van der Waals surface area contributed by atoms with Crippen LogP contribution < -0.4 is 10.6 Å². The first-order valence-corrected chi connectivity index (χ1v) is 12.6. The highest BCUT2D eigenvalue weighted by Crippen LogP contribution is 2.63. The van der Waals surface area contributed by atoms with Crippen LogP contribution in [-0.2, 0) is 9.59 Å². The molecule has 0 spiro atoms. The topological polar surface area (TPSA) is 81.2 Å². The summed E-state index contributed by atoms with van der Waals surface area (Å²) in [6.07, 6.45) is 3.11. The average molecular weight is 509 g/mol. The zero-order valence-corrected chi connectivity index (χ0v) is 20.4. The zero-order chi connectivity index (χ0) is 24.5. The first kappa shape index (κ1) is 22.2. The van der Waals surface area contributed by atoms with Crippen molar-refractivity contribution in [3.63, 3.8) is 0 Å². The highest BCUT2D eigenvalue weighted by Gasteiger charge is 2.64. The summed E-state index contributed by atoms with van der Waals surface area (Å²) in [6.45, 7) is 1.89. The van der Waals surface area contributed by atoms with Crippen LogP contribution in [0.1, 0.15) is 30.7 Å². The Hall–Kier alpha value is -3.23. The molecule has 1 aliphatic carbocycles. The quantitative estimate of drug-likeness (QED) is 0.387. The van der Waals surface area contributed by atoms with Crippen LogP contribution in [0.4, 0.5) is 10.1 Å². The van der Waals surface area contributed by atoms with E-state index in [1.54, 1.807) is 27.9 Å². The lowest BCUT2D eigenvalue weighted by atomic mass is 9.76. The van der Waals surface area contributed by atoms with Crippen molar-refractivity contribution in [3.05, 3.63) is 75.8 Å². The Morgan fingerprint density at radius 3 is 2.49 bits per heavy atom. The molecule has 2 aromatic heterocycles. The smallest absolute Gasteiger partial charge is 0.230 e. The summed E-state index contributed by atoms with van der Waals surface area (Å²) in [6, 6.07) is 15.3. The van der Waals surface area contributed by atoms with Crippen molar-refractivity contribution in [2.24, 2.45) is 23.0 Å². The predicted octanol–water partition coefficient (Wildman–Crippen LogP) is 5.49. The number of nitrogens with two attached hydrogens (primary N) is 1. The van der Waals surface area contributed by atoms with Gasteiger partial charge in [-0.25, -0.2) is 9.07 Å². The Bertz CT molecular complexity index is 1480. The largest absolute Gasteiger partial charge is 0.369 e. The molecule has 0 bridgehead atoms. The normalized spacial score (nSPS) is 23.2. The molecule has 4 aromatic rings. The van der Waals surface area contributed by atoms with E-state index in [0.717, 1.165) is 27.2 Å². The van der Waals surface area contributed by atoms with Gasteiger partial charge in [-0.3, -0.25) is 9.59 Å². The number of fused-ring (bicyclic) bond motifs is 1. The second kappa shape index (κ2) is 7.90. The van der Waals surface area contributed by atoms with Gasteiger partial charge in [-0.05, 0) is 67.4 Å². The number of aromatic nitrogens is 2. The van der Waals surface area contributed by atoms with Crippen molar-refractivity contribution < 1.29 is 14.0 Å². The van der Waals surface area contributed by atoms with Gasteiger partial charge in [0.05, 0.1) is 33.2 Å². The fourth-order valence-electron chi connectivity index (χ4n) is 5.64. The van der Waals surface area contributed by atoms with Crippen LogP contribution in [0.25, 0.3) is 16.6 Å². The molecule has 2 amide bonds. The molecule has 1 aliphatic heterocycles. The number of rotatable bonds is 5. The number of amides is 2. The highest BCUT2D eigenvalue weighted by atomic mass is 35.5. The molecule has 6 rings (SSSR count). The second-order valence-electron chi connectivity index (χ2n) is 9.41. The zero-order valence-electron chi connectivity index (χ0n) is 18.8. The van der Waals surface area contributed by atoms with Gasteiger partial charge in [-0.15, -0.1) is 11.3 Å². The fraction of sp³-hybridized carbons (Fsp3) is 0.269. The van der Waals surface area contributed by atoms with Crippen LogP contribution in [0.5, 0.6) is 0 Å². The van der Waals surface area contributed by atoms with Crippen LogP contribution >= 0.6 is 22.9 Å². The lowest BCUT2D eigenvalue weighted by Crippen LogP contribution is -2.37. The van der Waals surface area contributed by atoms with E-state index in [0.29, 0.717) is 17.2 Å². The lowest BCUT2D eigenvalue weighted by Gasteiger charge is -2.31. The van der Waals surface area contributed by atoms with Crippen molar-refractivity contribution in [1.82, 2.24) is 9.78 Å². The van der Waals surface area contributed by atoms with Gasteiger partial charge in [0.1, 0.15) is 5.82 Å². The Balaban J connectivity index is 1.46. The number of hydrogen-bond donors (Lipinski definition) is 1. The van der Waals surface area contributed by atoms with Crippen molar-refractivity contribution in [3.8, 4) is 5.69 Å². The monoisotopic (exact) mass is 508 g/mol. The number of carbonyl (C=O) groups is 2. The minimum Gasteiger partial charge on any atom is -0.369 e. The number of carbonyl (C=O) groups excluding carboxylic acids is 2. The summed E-state index contributed by atoms with van der Waals surface area (Å²) in [5.74, 6) is -1.30. The van der Waals surface area contributed by atoms with Gasteiger partial charge in [0, 0.05) is 27.8 Å². The summed E-state index contributed by atoms with van der Waals surface area (Å²) >= 11 is 7.71. The summed E-state index contributed by atoms with van der Waals surface area (Å²) in [4.78, 5) is 28.9. The highest BCUT2D eigenvalue weighted by molar-refractivity contribution is 7.16. The van der Waals surface area contributed by atoms with E-state index < -0.39 is 5.41 Å². The maximum atomic E-state index is 13.7. The number of hydrogen-bond acceptors (Lipinski definition) is 4. The molecule has 3 atom stereocenters. The van der Waals surface area contributed by atoms with Crippen molar-refractivity contribution in [2.45, 2.75) is 25.8 Å². The SMILES string of the molecule is CC1C(=O)N(c2ccc3c(cnn3-c3ccc(F)cc3)c2)C(c2ccc(Cl)s2)C1C1(C(N)=O)CC1. The number of halogens is 2. The van der Waals surface area contributed by atoms with E-state index in [1.165, 1.54) is 23.5 Å². The number of thiophene rings is 1. The molecule has 2 aromatic carbocycles. The molecule has 35 heavy (non-hydrogen) atoms. The van der Waals surface area contributed by atoms with Crippen molar-refractivity contribution >= 4 is 51.3 Å². The molecule has 2 N–H and O–H groups in total. The van der Waals surface area contributed by atoms with Gasteiger partial charge in [-0.1, -0.05) is 18.5 Å². The third-order valence-corrected chi connectivity index (χ3v) is 8.79. The molecule has 0 radical (unpaired) electrons. The Kier molecular flexibility index (Phi) is 5.02. The Morgan fingerprint density at radius 2 is 1.86 bits per heavy atom. The number of benzene rings is 2. The maximum Gasteiger partial charge on any atom is 0.230 e. The molecule has 9 heteroatoms. The summed E-state index contributed by atoms with van der Waals surface area (Å²) in [5.41, 5.74) is 7.49. The first-order chi connectivity index (χ1) is 16.8. The first-order valence-electron chi connectivity index (χ1n) is 11.4. The van der Waals surface area contributed by atoms with Gasteiger partial charge >= 0.3 is 0 Å². The number of primary amides is 1. The number of anilines is 1. The lowest BCUT2D eigenvalue weighted by molar-refractivity contribution is -0.126. The number of nitrogens with zero attached hydrogens (tertiary/aromatic N) is 3. The molecule has 178 valence electrons. The van der Waals surface area contributed by atoms with Crippen LogP contribution in [-0.4, -0.2) is 21.6 Å². The third kappa shape index (κ3) is 3.38. The third-order valence-electron chi connectivity index (χ3n) is 7.49. The summed E-state index contributed by atoms with van der Waals surface area (Å²) in [5, 5.41) is 5.32. The average Bonchev–Trinajstić information content (AvgIpc) is 3.23. The fourth-order valence-corrected chi connectivity index (χ4v) is 6.84. The molecule has 2 aliphatic rings. The maximum absolute atomic E-state index is 13.7. The minimum atomic E-state index is -0.678. The van der Waals surface area contributed by atoms with Crippen molar-refractivity contribution in [2.75, 3.05) is 4.90 Å². The van der Waals surface area contributed by atoms with E-state index in [2.05, 4.69) is 5.10 Å². The van der Waals surface area contributed by atoms with Crippen LogP contribution in [0.2, 0.25) is 4.34 Å². The second-order valence-corrected chi connectivity index (χ2v) is 11.2. The molecule has 6 nitrogen and oxygen atoms in total. The minimum absolute atomic E-state index is 0.0395. The summed E-state index contributed by atoms with van der Waals surface area (Å²) in [7, 11) is 0. The van der Waals surface area contributed by atoms with E-state index in [-0.39, 0.29) is 35.5 Å². The molecule has 3 heterocycles. The van der Waals surface area contributed by atoms with E-state index >= 15 is 0 Å². The van der Waals surface area contributed by atoms with Gasteiger partial charge in [0.15, 0.2) is 0 Å². The van der Waals surface area contributed by atoms with Crippen LogP contribution in [0.15, 0.2) is 60.8 Å². The van der Waals surface area contributed by atoms with E-state index in [9.17, 15) is 14.0 Å². The van der Waals surface area contributed by atoms with Gasteiger partial charge in [-0.2, -0.15) is 5.10 Å². The molecular formula is C26H22ClFN4O2S. The Morgan fingerprint density at radius 1 is 1.14 bits per heavy atom. The molecule has 1 saturated heterocycles. The standard InChI is InChI=1S/C26H22ClFN4O2S/c1-14-22(26(10-11-26)25(29)34)23(20-8-9-21(27)35-20)31(24(14)33)18-6-7-19-15(12-18)13-30-32(19)17-4-2-16(28)3-5-17/h2-9,12-14,22-23H,10-11H2,1H3,(H2,29,34). The van der Waals surface area contributed by atoms with E-state index in [4.69, 9.17) is 17.3 Å². The Labute approximate surface area is 210 Å². The molecule has 3 unspecified atom stereocenters. The predicted molar refractivity (Wildman–Crippen MR) is 134 cm³/mol. The molecule has 2 fully saturated rings. The van der Waals surface area contributed by atoms with Gasteiger partial charge < -0.3 is 10.6 Å². The van der Waals surface area contributed by atoms with E-state index in [1.807, 2.05) is 37.3 Å². The molecular weight excluding hydrogens is 487 g/mol. The van der Waals surface area contributed by atoms with Crippen molar-refractivity contribution in [1.29, 1.82) is 0 Å². The molecule has 1 saturated carbocycles. The van der Waals surface area contributed by atoms with Gasteiger partial charge in [0.2, 0.25) is 11.8 Å².